The number of carbonyl (C=O) groups is 2. The third-order valence-electron chi connectivity index (χ3n) is 3.50. The van der Waals surface area contributed by atoms with Gasteiger partial charge >= 0.3 is 5.97 Å². The monoisotopic (exact) mass is 265 g/mol. The number of likely N-dealkylation sites (tertiary alicyclic amines) is 1. The van der Waals surface area contributed by atoms with Crippen molar-refractivity contribution in [3.63, 3.8) is 0 Å². The van der Waals surface area contributed by atoms with Gasteiger partial charge in [0.2, 0.25) is 5.91 Å². The molecule has 5 heteroatoms. The van der Waals surface area contributed by atoms with E-state index in [1.165, 1.54) is 18.1 Å². The zero-order valence-corrected chi connectivity index (χ0v) is 10.9. The normalized spacial score (nSPS) is 20.5. The van der Waals surface area contributed by atoms with Crippen molar-refractivity contribution in [3.8, 4) is 0 Å². The van der Waals surface area contributed by atoms with E-state index in [0.29, 0.717) is 18.4 Å². The summed E-state index contributed by atoms with van der Waals surface area (Å²) in [6.45, 7) is 1.72. The molecule has 2 unspecified atom stereocenters. The minimum atomic E-state index is -0.618. The van der Waals surface area contributed by atoms with Crippen molar-refractivity contribution in [2.75, 3.05) is 7.11 Å². The topological polar surface area (TPSA) is 46.6 Å². The predicted octanol–water partition coefficient (Wildman–Crippen LogP) is 2.05. The maximum atomic E-state index is 13.8. The molecule has 1 amide bonds. The van der Waals surface area contributed by atoms with E-state index in [1.807, 2.05) is 0 Å². The first-order chi connectivity index (χ1) is 9.06. The lowest BCUT2D eigenvalue weighted by Gasteiger charge is -2.29. The number of halogens is 1. The summed E-state index contributed by atoms with van der Waals surface area (Å²) in [5.41, 5.74) is 0.409. The van der Waals surface area contributed by atoms with Crippen molar-refractivity contribution in [3.05, 3.63) is 35.6 Å². The summed E-state index contributed by atoms with van der Waals surface area (Å²) in [5, 5.41) is 0. The molecule has 102 valence electrons. The van der Waals surface area contributed by atoms with Crippen molar-refractivity contribution in [1.29, 1.82) is 0 Å². The summed E-state index contributed by atoms with van der Waals surface area (Å²) in [7, 11) is 1.29. The van der Waals surface area contributed by atoms with Crippen LogP contribution in [0.5, 0.6) is 0 Å². The van der Waals surface area contributed by atoms with E-state index in [2.05, 4.69) is 0 Å². The summed E-state index contributed by atoms with van der Waals surface area (Å²) in [4.78, 5) is 25.0. The summed E-state index contributed by atoms with van der Waals surface area (Å²) >= 11 is 0. The Morgan fingerprint density at radius 2 is 2.16 bits per heavy atom. The van der Waals surface area contributed by atoms with Crippen LogP contribution in [0, 0.1) is 5.82 Å². The van der Waals surface area contributed by atoms with Crippen LogP contribution in [0.3, 0.4) is 0 Å². The lowest BCUT2D eigenvalue weighted by Crippen LogP contribution is -2.41. The van der Waals surface area contributed by atoms with E-state index in [-0.39, 0.29) is 11.7 Å². The Labute approximate surface area is 111 Å². The van der Waals surface area contributed by atoms with Crippen molar-refractivity contribution < 1.29 is 18.7 Å². The highest BCUT2D eigenvalue weighted by Gasteiger charge is 2.40. The van der Waals surface area contributed by atoms with Gasteiger partial charge in [0.1, 0.15) is 11.9 Å². The van der Waals surface area contributed by atoms with E-state index in [0.717, 1.165) is 0 Å². The molecule has 0 saturated carbocycles. The van der Waals surface area contributed by atoms with Gasteiger partial charge < -0.3 is 9.64 Å². The van der Waals surface area contributed by atoms with Crippen LogP contribution in [-0.4, -0.2) is 29.9 Å². The van der Waals surface area contributed by atoms with E-state index in [9.17, 15) is 14.0 Å². The maximum absolute atomic E-state index is 13.8. The van der Waals surface area contributed by atoms with Gasteiger partial charge in [0.05, 0.1) is 13.2 Å². The molecule has 1 fully saturated rings. The van der Waals surface area contributed by atoms with Gasteiger partial charge in [-0.25, -0.2) is 9.18 Å². The Bertz CT molecular complexity index is 503. The second-order valence-electron chi connectivity index (χ2n) is 4.58. The molecule has 2 rings (SSSR count). The number of esters is 1. The maximum Gasteiger partial charge on any atom is 0.328 e. The number of benzene rings is 1. The van der Waals surface area contributed by atoms with Gasteiger partial charge in [0, 0.05) is 12.0 Å². The third kappa shape index (κ3) is 2.45. The van der Waals surface area contributed by atoms with Crippen molar-refractivity contribution >= 4 is 11.9 Å². The number of rotatable bonds is 3. The van der Waals surface area contributed by atoms with Crippen molar-refractivity contribution in [1.82, 2.24) is 4.90 Å². The second kappa shape index (κ2) is 5.38. The van der Waals surface area contributed by atoms with Crippen LogP contribution < -0.4 is 0 Å². The summed E-state index contributed by atoms with van der Waals surface area (Å²) in [6, 6.07) is 5.17. The highest BCUT2D eigenvalue weighted by atomic mass is 19.1. The number of hydrogen-bond acceptors (Lipinski definition) is 3. The van der Waals surface area contributed by atoms with Crippen molar-refractivity contribution in [2.24, 2.45) is 0 Å². The van der Waals surface area contributed by atoms with Crippen LogP contribution in [0.1, 0.15) is 31.4 Å². The van der Waals surface area contributed by atoms with Gasteiger partial charge in [-0.05, 0) is 19.4 Å². The Kier molecular flexibility index (Phi) is 3.83. The minimum absolute atomic E-state index is 0.147. The quantitative estimate of drug-likeness (QED) is 0.786. The fourth-order valence-corrected chi connectivity index (χ4v) is 2.52. The molecule has 2 atom stereocenters. The van der Waals surface area contributed by atoms with Crippen LogP contribution >= 0.6 is 0 Å². The molecule has 0 bridgehead atoms. The van der Waals surface area contributed by atoms with Gasteiger partial charge in [-0.3, -0.25) is 4.79 Å². The predicted molar refractivity (Wildman–Crippen MR) is 66.7 cm³/mol. The number of nitrogens with zero attached hydrogens (tertiary/aromatic N) is 1. The molecule has 1 heterocycles. The van der Waals surface area contributed by atoms with E-state index >= 15 is 0 Å². The molecular weight excluding hydrogens is 249 g/mol. The molecule has 0 N–H and O–H groups in total. The molecule has 0 aliphatic carbocycles. The summed E-state index contributed by atoms with van der Waals surface area (Å²) < 4.78 is 18.5. The molecule has 1 aromatic rings. The van der Waals surface area contributed by atoms with Gasteiger partial charge in [0.25, 0.3) is 0 Å². The Morgan fingerprint density at radius 3 is 2.79 bits per heavy atom. The highest BCUT2D eigenvalue weighted by Crippen LogP contribution is 2.31. The van der Waals surface area contributed by atoms with E-state index < -0.39 is 18.1 Å². The first kappa shape index (κ1) is 13.5. The largest absolute Gasteiger partial charge is 0.467 e. The van der Waals surface area contributed by atoms with Gasteiger partial charge in [0.15, 0.2) is 0 Å². The molecule has 1 aliphatic rings. The number of methoxy groups -OCH3 is 1. The first-order valence-corrected chi connectivity index (χ1v) is 6.19. The number of hydrogen-bond donors (Lipinski definition) is 0. The van der Waals surface area contributed by atoms with Crippen molar-refractivity contribution in [2.45, 2.75) is 31.8 Å². The number of amides is 1. The van der Waals surface area contributed by atoms with Crippen LogP contribution in [0.4, 0.5) is 4.39 Å². The molecule has 4 nitrogen and oxygen atoms in total. The van der Waals surface area contributed by atoms with Gasteiger partial charge in [-0.1, -0.05) is 18.2 Å². The molecule has 0 spiro atoms. The Hall–Kier alpha value is -1.91. The lowest BCUT2D eigenvalue weighted by molar-refractivity contribution is -0.150. The first-order valence-electron chi connectivity index (χ1n) is 6.19. The summed E-state index contributed by atoms with van der Waals surface area (Å²) in [5.74, 6) is -0.974. The second-order valence-corrected chi connectivity index (χ2v) is 4.58. The summed E-state index contributed by atoms with van der Waals surface area (Å²) in [6.07, 6.45) is 0.711. The van der Waals surface area contributed by atoms with E-state index in [4.69, 9.17) is 4.74 Å². The molecule has 0 aromatic heterocycles. The average Bonchev–Trinajstić information content (AvgIpc) is 2.79. The fraction of sp³-hybridized carbons (Fsp3) is 0.429. The SMILES string of the molecule is COC(=O)C1CCC(=O)N1C(C)c1ccccc1F. The zero-order valence-electron chi connectivity index (χ0n) is 10.9. The third-order valence-corrected chi connectivity index (χ3v) is 3.50. The number of carbonyl (C=O) groups excluding carboxylic acids is 2. The van der Waals surface area contributed by atoms with Crippen LogP contribution in [0.25, 0.3) is 0 Å². The van der Waals surface area contributed by atoms with Crippen LogP contribution in [0.2, 0.25) is 0 Å². The molecule has 19 heavy (non-hydrogen) atoms. The molecule has 1 aliphatic heterocycles. The van der Waals surface area contributed by atoms with Gasteiger partial charge in [-0.15, -0.1) is 0 Å². The standard InChI is InChI=1S/C14H16FNO3/c1-9(10-5-3-4-6-11(10)15)16-12(14(18)19-2)7-8-13(16)17/h3-6,9,12H,7-8H2,1-2H3. The highest BCUT2D eigenvalue weighted by molar-refractivity contribution is 5.88. The fourth-order valence-electron chi connectivity index (χ4n) is 2.52. The molecule has 1 saturated heterocycles. The molecular formula is C14H16FNO3. The van der Waals surface area contributed by atoms with E-state index in [1.54, 1.807) is 25.1 Å². The Balaban J connectivity index is 2.30. The molecule has 1 aromatic carbocycles. The zero-order chi connectivity index (χ0) is 14.0. The van der Waals surface area contributed by atoms with Gasteiger partial charge in [-0.2, -0.15) is 0 Å². The average molecular weight is 265 g/mol. The lowest BCUT2D eigenvalue weighted by atomic mass is 10.1. The smallest absolute Gasteiger partial charge is 0.328 e. The van der Waals surface area contributed by atoms with Crippen LogP contribution in [0.15, 0.2) is 24.3 Å². The van der Waals surface area contributed by atoms with Crippen LogP contribution in [-0.2, 0) is 14.3 Å². The minimum Gasteiger partial charge on any atom is -0.467 e. The number of ether oxygens (including phenoxy) is 1. The Morgan fingerprint density at radius 1 is 1.47 bits per heavy atom. The molecule has 0 radical (unpaired) electrons.